The van der Waals surface area contributed by atoms with Crippen molar-refractivity contribution in [3.8, 4) is 0 Å². The molecular weight excluding hydrogens is 240 g/mol. The molecule has 0 aliphatic heterocycles. The Hall–Kier alpha value is -0.190. The van der Waals surface area contributed by atoms with Crippen molar-refractivity contribution in [1.82, 2.24) is 0 Å². The van der Waals surface area contributed by atoms with Crippen LogP contribution in [0.4, 0.5) is 0 Å². The molecule has 0 saturated heterocycles. The third kappa shape index (κ3) is 2.69. The predicted molar refractivity (Wildman–Crippen MR) is 52.2 cm³/mol. The number of halogens is 1. The van der Waals surface area contributed by atoms with Gasteiger partial charge in [0.05, 0.1) is 11.5 Å². The summed E-state index contributed by atoms with van der Waals surface area (Å²) >= 11 is 1.97. The first-order valence-electron chi connectivity index (χ1n) is 3.54. The second-order valence-electron chi connectivity index (χ2n) is 2.10. The van der Waals surface area contributed by atoms with Gasteiger partial charge in [0.25, 0.3) is 0 Å². The fourth-order valence-corrected chi connectivity index (χ4v) is 2.06. The quantitative estimate of drug-likeness (QED) is 0.822. The van der Waals surface area contributed by atoms with E-state index in [4.69, 9.17) is 4.18 Å². The molecule has 1 aromatic rings. The summed E-state index contributed by atoms with van der Waals surface area (Å²) in [6.07, 6.45) is 0. The Morgan fingerprint density at radius 2 is 2.33 bits per heavy atom. The Kier molecular flexibility index (Phi) is 3.91. The monoisotopic (exact) mass is 248 g/mol. The maximum atomic E-state index is 11.3. The van der Waals surface area contributed by atoms with E-state index >= 15 is 0 Å². The van der Waals surface area contributed by atoms with Gasteiger partial charge in [-0.2, -0.15) is 0 Å². The van der Waals surface area contributed by atoms with E-state index in [-0.39, 0.29) is 0 Å². The summed E-state index contributed by atoms with van der Waals surface area (Å²) in [6.45, 7) is 2.27. The lowest BCUT2D eigenvalue weighted by atomic mass is 10.4. The topological polar surface area (TPSA) is 26.3 Å². The van der Waals surface area contributed by atoms with E-state index < -0.39 is 11.1 Å². The molecule has 0 radical (unpaired) electrons. The van der Waals surface area contributed by atoms with E-state index in [2.05, 4.69) is 15.9 Å². The standard InChI is InChI=1S/C8H9BrO2S/c1-2-11-12(10)8-5-3-4-7(9)6-8/h3-6H,2H2,1H3/t12-/m1/s1. The van der Waals surface area contributed by atoms with E-state index in [1.807, 2.05) is 19.1 Å². The lowest BCUT2D eigenvalue weighted by molar-refractivity contribution is 0.371. The van der Waals surface area contributed by atoms with Gasteiger partial charge in [0, 0.05) is 4.47 Å². The molecule has 0 heterocycles. The third-order valence-electron chi connectivity index (χ3n) is 1.21. The molecule has 2 nitrogen and oxygen atoms in total. The summed E-state index contributed by atoms with van der Waals surface area (Å²) in [5.41, 5.74) is 0. The van der Waals surface area contributed by atoms with Crippen molar-refractivity contribution in [2.24, 2.45) is 0 Å². The van der Waals surface area contributed by atoms with Crippen LogP contribution in [0.5, 0.6) is 0 Å². The molecule has 0 aliphatic carbocycles. The number of rotatable bonds is 3. The summed E-state index contributed by atoms with van der Waals surface area (Å²) in [7, 11) is 0. The van der Waals surface area contributed by atoms with E-state index in [9.17, 15) is 4.21 Å². The lowest BCUT2D eigenvalue weighted by Crippen LogP contribution is -1.96. The number of hydrogen-bond donors (Lipinski definition) is 0. The molecule has 0 aliphatic rings. The fourth-order valence-electron chi connectivity index (χ4n) is 0.746. The highest BCUT2D eigenvalue weighted by Crippen LogP contribution is 2.14. The number of hydrogen-bond acceptors (Lipinski definition) is 2. The van der Waals surface area contributed by atoms with E-state index in [1.165, 1.54) is 0 Å². The molecular formula is C8H9BrO2S. The van der Waals surface area contributed by atoms with E-state index in [1.54, 1.807) is 12.1 Å². The minimum Gasteiger partial charge on any atom is -0.287 e. The first-order chi connectivity index (χ1) is 5.74. The van der Waals surface area contributed by atoms with Crippen molar-refractivity contribution in [3.05, 3.63) is 28.7 Å². The van der Waals surface area contributed by atoms with Crippen molar-refractivity contribution in [2.45, 2.75) is 11.8 Å². The molecule has 1 rings (SSSR count). The van der Waals surface area contributed by atoms with Crippen molar-refractivity contribution >= 4 is 27.0 Å². The maximum Gasteiger partial charge on any atom is 0.189 e. The van der Waals surface area contributed by atoms with Crippen LogP contribution < -0.4 is 0 Å². The van der Waals surface area contributed by atoms with Gasteiger partial charge in [-0.3, -0.25) is 4.18 Å². The molecule has 0 bridgehead atoms. The van der Waals surface area contributed by atoms with Gasteiger partial charge < -0.3 is 0 Å². The molecule has 1 aromatic carbocycles. The van der Waals surface area contributed by atoms with Crippen molar-refractivity contribution in [1.29, 1.82) is 0 Å². The van der Waals surface area contributed by atoms with Crippen LogP contribution in [0, 0.1) is 0 Å². The molecule has 0 amide bonds. The predicted octanol–water partition coefficient (Wildman–Crippen LogP) is 2.51. The van der Waals surface area contributed by atoms with Gasteiger partial charge in [-0.1, -0.05) is 22.0 Å². The molecule has 66 valence electrons. The molecule has 1 atom stereocenters. The fraction of sp³-hybridized carbons (Fsp3) is 0.250. The maximum absolute atomic E-state index is 11.3. The van der Waals surface area contributed by atoms with Gasteiger partial charge in [0.2, 0.25) is 0 Å². The Morgan fingerprint density at radius 3 is 2.92 bits per heavy atom. The zero-order valence-corrected chi connectivity index (χ0v) is 9.02. The molecule has 0 saturated carbocycles. The van der Waals surface area contributed by atoms with Crippen LogP contribution >= 0.6 is 15.9 Å². The van der Waals surface area contributed by atoms with E-state index in [0.717, 1.165) is 4.47 Å². The molecule has 0 aromatic heterocycles. The van der Waals surface area contributed by atoms with E-state index in [0.29, 0.717) is 11.5 Å². The highest BCUT2D eigenvalue weighted by atomic mass is 79.9. The average Bonchev–Trinajstić information content (AvgIpc) is 2.05. The average molecular weight is 249 g/mol. The van der Waals surface area contributed by atoms with Gasteiger partial charge in [-0.25, -0.2) is 4.21 Å². The molecule has 12 heavy (non-hydrogen) atoms. The van der Waals surface area contributed by atoms with Crippen molar-refractivity contribution in [2.75, 3.05) is 6.61 Å². The second-order valence-corrected chi connectivity index (χ2v) is 4.19. The highest BCUT2D eigenvalue weighted by Gasteiger charge is 2.02. The summed E-state index contributed by atoms with van der Waals surface area (Å²) in [5.74, 6) is 0. The summed E-state index contributed by atoms with van der Waals surface area (Å²) in [4.78, 5) is 0.686. The number of benzene rings is 1. The van der Waals surface area contributed by atoms with Gasteiger partial charge in [-0.05, 0) is 25.1 Å². The first kappa shape index (κ1) is 9.89. The Bertz CT molecular complexity index is 288. The van der Waals surface area contributed by atoms with Crippen LogP contribution in [0.1, 0.15) is 6.92 Å². The van der Waals surface area contributed by atoms with Crippen molar-refractivity contribution in [3.63, 3.8) is 0 Å². The summed E-state index contributed by atoms with van der Waals surface area (Å²) < 4.78 is 17.1. The van der Waals surface area contributed by atoms with Crippen LogP contribution in [0.3, 0.4) is 0 Å². The zero-order valence-electron chi connectivity index (χ0n) is 6.62. The Labute approximate surface area is 82.7 Å². The summed E-state index contributed by atoms with van der Waals surface area (Å²) in [6, 6.07) is 7.27. The third-order valence-corrected chi connectivity index (χ3v) is 2.80. The van der Waals surface area contributed by atoms with Crippen molar-refractivity contribution < 1.29 is 8.39 Å². The SMILES string of the molecule is CCO[S@@](=O)c1cccc(Br)c1. The minimum absolute atomic E-state index is 0.457. The Balaban J connectivity index is 2.81. The van der Waals surface area contributed by atoms with Crippen LogP contribution in [0.2, 0.25) is 0 Å². The lowest BCUT2D eigenvalue weighted by Gasteiger charge is -2.00. The van der Waals surface area contributed by atoms with Gasteiger partial charge in [-0.15, -0.1) is 0 Å². The van der Waals surface area contributed by atoms with Gasteiger partial charge in [0.1, 0.15) is 0 Å². The van der Waals surface area contributed by atoms with Crippen LogP contribution in [-0.2, 0) is 15.3 Å². The summed E-state index contributed by atoms with van der Waals surface area (Å²) in [5, 5.41) is 0. The van der Waals surface area contributed by atoms with Crippen LogP contribution in [-0.4, -0.2) is 10.8 Å². The molecule has 4 heteroatoms. The molecule has 0 unspecified atom stereocenters. The first-order valence-corrected chi connectivity index (χ1v) is 5.41. The largest absolute Gasteiger partial charge is 0.287 e. The van der Waals surface area contributed by atoms with Crippen LogP contribution in [0.25, 0.3) is 0 Å². The van der Waals surface area contributed by atoms with Crippen LogP contribution in [0.15, 0.2) is 33.6 Å². The second kappa shape index (κ2) is 4.74. The minimum atomic E-state index is -1.32. The zero-order chi connectivity index (χ0) is 8.97. The highest BCUT2D eigenvalue weighted by molar-refractivity contribution is 9.10. The Morgan fingerprint density at radius 1 is 1.58 bits per heavy atom. The normalized spacial score (nSPS) is 12.8. The molecule has 0 N–H and O–H groups in total. The van der Waals surface area contributed by atoms with Gasteiger partial charge >= 0.3 is 0 Å². The smallest absolute Gasteiger partial charge is 0.189 e. The molecule has 0 spiro atoms. The molecule has 0 fully saturated rings. The van der Waals surface area contributed by atoms with Gasteiger partial charge in [0.15, 0.2) is 11.1 Å².